The van der Waals surface area contributed by atoms with Gasteiger partial charge in [0.05, 0.1) is 21.2 Å². The molecule has 0 aliphatic heterocycles. The number of nitrogens with zero attached hydrogens (tertiary/aromatic N) is 2. The number of hydrogen-bond acceptors (Lipinski definition) is 4. The molecular weight excluding hydrogens is 359 g/mol. The second-order valence-electron chi connectivity index (χ2n) is 4.27. The number of para-hydroxylation sites is 2. The lowest BCUT2D eigenvalue weighted by Gasteiger charge is -2.07. The molecular formula is C14H10Cl2N4O2S. The SMILES string of the molecule is O=[N+]([O-])c1ccccc1NC(=S)N/N=C\c1ccc(Cl)c(Cl)c1. The van der Waals surface area contributed by atoms with Crippen LogP contribution in [0.3, 0.4) is 0 Å². The first-order chi connectivity index (χ1) is 11.0. The molecule has 0 amide bonds. The van der Waals surface area contributed by atoms with Gasteiger partial charge in [-0.3, -0.25) is 15.5 Å². The van der Waals surface area contributed by atoms with Crippen LogP contribution in [0.4, 0.5) is 11.4 Å². The van der Waals surface area contributed by atoms with Crippen molar-refractivity contribution in [3.8, 4) is 0 Å². The number of nitrogens with one attached hydrogen (secondary N) is 2. The number of hydrazone groups is 1. The maximum atomic E-state index is 10.9. The maximum Gasteiger partial charge on any atom is 0.292 e. The van der Waals surface area contributed by atoms with Crippen LogP contribution in [-0.4, -0.2) is 16.3 Å². The molecule has 23 heavy (non-hydrogen) atoms. The minimum atomic E-state index is -0.496. The van der Waals surface area contributed by atoms with Crippen molar-refractivity contribution in [2.75, 3.05) is 5.32 Å². The molecule has 0 aliphatic carbocycles. The predicted octanol–water partition coefficient (Wildman–Crippen LogP) is 4.22. The molecule has 0 atom stereocenters. The minimum absolute atomic E-state index is 0.0786. The zero-order valence-corrected chi connectivity index (χ0v) is 13.8. The van der Waals surface area contributed by atoms with Crippen molar-refractivity contribution in [2.45, 2.75) is 0 Å². The average molecular weight is 369 g/mol. The highest BCUT2D eigenvalue weighted by Gasteiger charge is 2.12. The fraction of sp³-hybridized carbons (Fsp3) is 0. The van der Waals surface area contributed by atoms with Crippen LogP contribution in [0.15, 0.2) is 47.6 Å². The van der Waals surface area contributed by atoms with Crippen LogP contribution < -0.4 is 10.7 Å². The van der Waals surface area contributed by atoms with Crippen LogP contribution in [0, 0.1) is 10.1 Å². The van der Waals surface area contributed by atoms with Gasteiger partial charge < -0.3 is 5.32 Å². The highest BCUT2D eigenvalue weighted by Crippen LogP contribution is 2.23. The quantitative estimate of drug-likeness (QED) is 0.365. The van der Waals surface area contributed by atoms with Gasteiger partial charge in [-0.1, -0.05) is 41.4 Å². The summed E-state index contributed by atoms with van der Waals surface area (Å²) in [5, 5.41) is 18.5. The summed E-state index contributed by atoms with van der Waals surface area (Å²) in [4.78, 5) is 10.4. The van der Waals surface area contributed by atoms with Crippen molar-refractivity contribution < 1.29 is 4.92 Å². The fourth-order valence-electron chi connectivity index (χ4n) is 1.65. The lowest BCUT2D eigenvalue weighted by molar-refractivity contribution is -0.383. The average Bonchev–Trinajstić information content (AvgIpc) is 2.51. The van der Waals surface area contributed by atoms with Gasteiger partial charge in [0, 0.05) is 6.07 Å². The van der Waals surface area contributed by atoms with Gasteiger partial charge >= 0.3 is 0 Å². The number of nitro groups is 1. The molecule has 0 spiro atoms. The second kappa shape index (κ2) is 7.87. The molecule has 2 aromatic rings. The van der Waals surface area contributed by atoms with Crippen molar-refractivity contribution in [1.82, 2.24) is 5.43 Å². The molecule has 6 nitrogen and oxygen atoms in total. The third-order valence-corrected chi connectivity index (χ3v) is 3.60. The number of benzene rings is 2. The van der Waals surface area contributed by atoms with E-state index in [4.69, 9.17) is 35.4 Å². The van der Waals surface area contributed by atoms with Gasteiger partial charge in [-0.15, -0.1) is 0 Å². The van der Waals surface area contributed by atoms with Crippen LogP contribution in [-0.2, 0) is 0 Å². The molecule has 0 bridgehead atoms. The zero-order valence-electron chi connectivity index (χ0n) is 11.5. The lowest BCUT2D eigenvalue weighted by atomic mass is 10.2. The van der Waals surface area contributed by atoms with E-state index in [1.54, 1.807) is 36.4 Å². The molecule has 9 heteroatoms. The Morgan fingerprint density at radius 1 is 1.22 bits per heavy atom. The summed E-state index contributed by atoms with van der Waals surface area (Å²) in [6, 6.07) is 11.2. The summed E-state index contributed by atoms with van der Waals surface area (Å²) < 4.78 is 0. The molecule has 2 N–H and O–H groups in total. The molecule has 2 rings (SSSR count). The van der Waals surface area contributed by atoms with Gasteiger partial charge in [-0.05, 0) is 36.0 Å². The summed E-state index contributed by atoms with van der Waals surface area (Å²) in [5.74, 6) is 0. The lowest BCUT2D eigenvalue weighted by Crippen LogP contribution is -2.24. The Morgan fingerprint density at radius 2 is 1.96 bits per heavy atom. The number of halogens is 2. The Balaban J connectivity index is 1.99. The van der Waals surface area contributed by atoms with Gasteiger partial charge in [0.1, 0.15) is 5.69 Å². The summed E-state index contributed by atoms with van der Waals surface area (Å²) in [6.45, 7) is 0. The first-order valence-electron chi connectivity index (χ1n) is 6.26. The van der Waals surface area contributed by atoms with E-state index in [1.165, 1.54) is 12.3 Å². The van der Waals surface area contributed by atoms with E-state index in [0.29, 0.717) is 10.0 Å². The third kappa shape index (κ3) is 4.88. The largest absolute Gasteiger partial charge is 0.326 e. The molecule has 0 radical (unpaired) electrons. The summed E-state index contributed by atoms with van der Waals surface area (Å²) >= 11 is 16.8. The molecule has 0 fully saturated rings. The molecule has 0 aromatic heterocycles. The molecule has 0 aliphatic rings. The highest BCUT2D eigenvalue weighted by molar-refractivity contribution is 7.80. The van der Waals surface area contributed by atoms with E-state index in [2.05, 4.69) is 15.8 Å². The number of anilines is 1. The van der Waals surface area contributed by atoms with E-state index in [0.717, 1.165) is 5.56 Å². The Morgan fingerprint density at radius 3 is 2.65 bits per heavy atom. The first kappa shape index (κ1) is 17.1. The Kier molecular flexibility index (Phi) is 5.86. The number of rotatable bonds is 4. The van der Waals surface area contributed by atoms with Crippen LogP contribution in [0.25, 0.3) is 0 Å². The Labute approximate surface area is 147 Å². The van der Waals surface area contributed by atoms with Crippen LogP contribution >= 0.6 is 35.4 Å². The number of nitro benzene ring substituents is 1. The van der Waals surface area contributed by atoms with Crippen LogP contribution in [0.2, 0.25) is 10.0 Å². The minimum Gasteiger partial charge on any atom is -0.326 e. The van der Waals surface area contributed by atoms with Gasteiger partial charge in [0.15, 0.2) is 5.11 Å². The molecule has 118 valence electrons. The first-order valence-corrected chi connectivity index (χ1v) is 7.42. The van der Waals surface area contributed by atoms with Gasteiger partial charge in [0.2, 0.25) is 0 Å². The molecule has 2 aromatic carbocycles. The van der Waals surface area contributed by atoms with E-state index in [1.807, 2.05) is 0 Å². The van der Waals surface area contributed by atoms with E-state index in [9.17, 15) is 10.1 Å². The summed E-state index contributed by atoms with van der Waals surface area (Å²) in [5.41, 5.74) is 3.49. The zero-order chi connectivity index (χ0) is 16.8. The smallest absolute Gasteiger partial charge is 0.292 e. The van der Waals surface area contributed by atoms with E-state index in [-0.39, 0.29) is 16.5 Å². The monoisotopic (exact) mass is 368 g/mol. The highest BCUT2D eigenvalue weighted by atomic mass is 35.5. The maximum absolute atomic E-state index is 10.9. The van der Waals surface area contributed by atoms with Gasteiger partial charge in [-0.25, -0.2) is 0 Å². The van der Waals surface area contributed by atoms with Crippen molar-refractivity contribution in [1.29, 1.82) is 0 Å². The molecule has 0 saturated carbocycles. The fourth-order valence-corrected chi connectivity index (χ4v) is 2.12. The summed E-state index contributed by atoms with van der Waals surface area (Å²) in [6.07, 6.45) is 1.50. The Hall–Kier alpha value is -2.22. The van der Waals surface area contributed by atoms with E-state index < -0.39 is 4.92 Å². The topological polar surface area (TPSA) is 79.6 Å². The third-order valence-electron chi connectivity index (χ3n) is 2.67. The van der Waals surface area contributed by atoms with Crippen LogP contribution in [0.1, 0.15) is 5.56 Å². The van der Waals surface area contributed by atoms with Crippen molar-refractivity contribution in [2.24, 2.45) is 5.10 Å². The molecule has 0 heterocycles. The number of hydrogen-bond donors (Lipinski definition) is 2. The predicted molar refractivity (Wildman–Crippen MR) is 96.5 cm³/mol. The van der Waals surface area contributed by atoms with Gasteiger partial charge in [0.25, 0.3) is 5.69 Å². The molecule has 0 saturated heterocycles. The molecule has 0 unspecified atom stereocenters. The van der Waals surface area contributed by atoms with Crippen molar-refractivity contribution >= 4 is 58.1 Å². The van der Waals surface area contributed by atoms with Crippen LogP contribution in [0.5, 0.6) is 0 Å². The summed E-state index contributed by atoms with van der Waals surface area (Å²) in [7, 11) is 0. The van der Waals surface area contributed by atoms with Crippen molar-refractivity contribution in [3.05, 3.63) is 68.2 Å². The Bertz CT molecular complexity index is 783. The number of thiocarbonyl (C=S) groups is 1. The standard InChI is InChI=1S/C14H10Cl2N4O2S/c15-10-6-5-9(7-11(10)16)8-17-19-14(23)18-12-3-1-2-4-13(12)20(21)22/h1-8H,(H2,18,19,23)/b17-8-. The van der Waals surface area contributed by atoms with E-state index >= 15 is 0 Å². The normalized spacial score (nSPS) is 10.5. The van der Waals surface area contributed by atoms with Gasteiger partial charge in [-0.2, -0.15) is 5.10 Å². The second-order valence-corrected chi connectivity index (χ2v) is 5.49. The van der Waals surface area contributed by atoms with Crippen molar-refractivity contribution in [3.63, 3.8) is 0 Å².